The first-order chi connectivity index (χ1) is 28.3. The molecule has 0 fully saturated rings. The van der Waals surface area contributed by atoms with Gasteiger partial charge in [0, 0.05) is 16.9 Å². The van der Waals surface area contributed by atoms with Crippen molar-refractivity contribution in [1.29, 1.82) is 0 Å². The Labute approximate surface area is 334 Å². The van der Waals surface area contributed by atoms with E-state index in [1.165, 1.54) is 77.2 Å². The van der Waals surface area contributed by atoms with E-state index in [0.717, 1.165) is 17.1 Å². The molecule has 57 heavy (non-hydrogen) atoms. The van der Waals surface area contributed by atoms with E-state index in [2.05, 4.69) is 241 Å². The number of nitrogens with zero attached hydrogens (tertiary/aromatic N) is 1. The molecule has 0 aromatic heterocycles. The molecule has 10 aromatic carbocycles. The van der Waals surface area contributed by atoms with Gasteiger partial charge < -0.3 is 4.90 Å². The van der Waals surface area contributed by atoms with Gasteiger partial charge in [0.05, 0.1) is 5.69 Å². The summed E-state index contributed by atoms with van der Waals surface area (Å²) < 4.78 is 0. The van der Waals surface area contributed by atoms with Crippen LogP contribution in [0.5, 0.6) is 0 Å². The third kappa shape index (κ3) is 6.56. The second-order valence-corrected chi connectivity index (χ2v) is 14.5. The van der Waals surface area contributed by atoms with E-state index < -0.39 is 0 Å². The normalized spacial score (nSPS) is 11.2. The predicted octanol–water partition coefficient (Wildman–Crippen LogP) is 15.8. The molecular formula is C56H39N. The minimum Gasteiger partial charge on any atom is -0.310 e. The van der Waals surface area contributed by atoms with Crippen LogP contribution in [0.4, 0.5) is 17.1 Å². The summed E-state index contributed by atoms with van der Waals surface area (Å²) in [5, 5.41) is 4.98. The third-order valence-corrected chi connectivity index (χ3v) is 11.1. The van der Waals surface area contributed by atoms with Crippen molar-refractivity contribution in [1.82, 2.24) is 0 Å². The van der Waals surface area contributed by atoms with E-state index in [1.807, 2.05) is 0 Å². The van der Waals surface area contributed by atoms with Crippen LogP contribution in [0.25, 0.3) is 77.2 Å². The fraction of sp³-hybridized carbons (Fsp3) is 0. The zero-order valence-corrected chi connectivity index (χ0v) is 31.5. The van der Waals surface area contributed by atoms with Gasteiger partial charge in [-0.2, -0.15) is 0 Å². The summed E-state index contributed by atoms with van der Waals surface area (Å²) in [6.07, 6.45) is 0. The highest BCUT2D eigenvalue weighted by atomic mass is 15.1. The Bertz CT molecular complexity index is 2960. The highest BCUT2D eigenvalue weighted by Crippen LogP contribution is 2.45. The van der Waals surface area contributed by atoms with Crippen LogP contribution < -0.4 is 4.90 Å². The summed E-state index contributed by atoms with van der Waals surface area (Å²) in [6, 6.07) is 85.7. The zero-order chi connectivity index (χ0) is 38.0. The van der Waals surface area contributed by atoms with Crippen molar-refractivity contribution in [2.24, 2.45) is 0 Å². The number of fused-ring (bicyclic) bond motifs is 2. The van der Waals surface area contributed by atoms with Crippen LogP contribution in [-0.4, -0.2) is 0 Å². The maximum absolute atomic E-state index is 2.41. The van der Waals surface area contributed by atoms with Crippen LogP contribution in [0.3, 0.4) is 0 Å². The average molecular weight is 726 g/mol. The van der Waals surface area contributed by atoms with Crippen molar-refractivity contribution < 1.29 is 0 Å². The van der Waals surface area contributed by atoms with Crippen molar-refractivity contribution in [2.45, 2.75) is 0 Å². The Kier molecular flexibility index (Phi) is 8.95. The first-order valence-corrected chi connectivity index (χ1v) is 19.6. The van der Waals surface area contributed by atoms with Gasteiger partial charge in [0.2, 0.25) is 0 Å². The minimum absolute atomic E-state index is 1.09. The SMILES string of the molecule is c1ccc(-c2ccc(N(c3ccc(-c4cccc5ccccc45)cc3)c3ccc(-c4c(-c5ccccc5)ccc5ccccc45)cc3)c(-c3ccccc3)c2)cc1. The van der Waals surface area contributed by atoms with Gasteiger partial charge in [0.25, 0.3) is 0 Å². The molecule has 0 radical (unpaired) electrons. The highest BCUT2D eigenvalue weighted by molar-refractivity contribution is 6.04. The largest absolute Gasteiger partial charge is 0.310 e. The molecule has 1 heteroatoms. The topological polar surface area (TPSA) is 3.24 Å². The van der Waals surface area contributed by atoms with Gasteiger partial charge >= 0.3 is 0 Å². The van der Waals surface area contributed by atoms with Crippen LogP contribution in [0.1, 0.15) is 0 Å². The van der Waals surface area contributed by atoms with E-state index in [0.29, 0.717) is 0 Å². The van der Waals surface area contributed by atoms with Crippen molar-refractivity contribution in [3.63, 3.8) is 0 Å². The lowest BCUT2D eigenvalue weighted by Crippen LogP contribution is -2.11. The van der Waals surface area contributed by atoms with Gasteiger partial charge in [-0.15, -0.1) is 0 Å². The quantitative estimate of drug-likeness (QED) is 0.151. The van der Waals surface area contributed by atoms with Gasteiger partial charge in [-0.25, -0.2) is 0 Å². The Balaban J connectivity index is 1.15. The lowest BCUT2D eigenvalue weighted by Gasteiger charge is -2.29. The van der Waals surface area contributed by atoms with Gasteiger partial charge in [-0.1, -0.05) is 200 Å². The van der Waals surface area contributed by atoms with Crippen LogP contribution in [0, 0.1) is 0 Å². The van der Waals surface area contributed by atoms with Gasteiger partial charge in [0.15, 0.2) is 0 Å². The summed E-state index contributed by atoms with van der Waals surface area (Å²) in [5.41, 5.74) is 15.3. The fourth-order valence-electron chi connectivity index (χ4n) is 8.30. The van der Waals surface area contributed by atoms with Gasteiger partial charge in [-0.05, 0) is 108 Å². The molecular weight excluding hydrogens is 687 g/mol. The van der Waals surface area contributed by atoms with Crippen LogP contribution >= 0.6 is 0 Å². The molecule has 0 aliphatic carbocycles. The van der Waals surface area contributed by atoms with Gasteiger partial charge in [0.1, 0.15) is 0 Å². The molecule has 0 spiro atoms. The summed E-state index contributed by atoms with van der Waals surface area (Å²) in [5.74, 6) is 0. The highest BCUT2D eigenvalue weighted by Gasteiger charge is 2.20. The molecule has 0 saturated carbocycles. The molecule has 0 aliphatic heterocycles. The molecule has 0 amide bonds. The van der Waals surface area contributed by atoms with E-state index in [1.54, 1.807) is 0 Å². The molecule has 1 nitrogen and oxygen atoms in total. The molecule has 0 bridgehead atoms. The standard InChI is InChI=1S/C56H39N/c1-4-15-40(16-5-1)47-32-38-55(54(39-47)43-19-8-3-9-20-43)57(48-33-27-45(28-34-48)51-26-14-23-41-21-10-12-24-50(41)51)49-35-29-46(30-36-49)56-52-25-13-11-22-44(52)31-37-53(56)42-17-6-2-7-18-42/h1-39H. The number of hydrogen-bond donors (Lipinski definition) is 0. The Morgan fingerprint density at radius 3 is 1.37 bits per heavy atom. The fourth-order valence-corrected chi connectivity index (χ4v) is 8.30. The number of hydrogen-bond acceptors (Lipinski definition) is 1. The summed E-state index contributed by atoms with van der Waals surface area (Å²) >= 11 is 0. The number of anilines is 3. The monoisotopic (exact) mass is 725 g/mol. The van der Waals surface area contributed by atoms with E-state index in [4.69, 9.17) is 0 Å². The van der Waals surface area contributed by atoms with Crippen LogP contribution in [0.2, 0.25) is 0 Å². The van der Waals surface area contributed by atoms with Crippen molar-refractivity contribution in [3.8, 4) is 55.6 Å². The molecule has 10 aromatic rings. The Hall–Kier alpha value is -7.48. The molecule has 0 heterocycles. The molecule has 0 aliphatic rings. The first-order valence-electron chi connectivity index (χ1n) is 19.6. The van der Waals surface area contributed by atoms with E-state index in [9.17, 15) is 0 Å². The van der Waals surface area contributed by atoms with E-state index in [-0.39, 0.29) is 0 Å². The number of rotatable bonds is 8. The maximum atomic E-state index is 2.41. The molecule has 0 atom stereocenters. The number of benzene rings is 10. The minimum atomic E-state index is 1.09. The van der Waals surface area contributed by atoms with Crippen molar-refractivity contribution >= 4 is 38.6 Å². The van der Waals surface area contributed by atoms with E-state index >= 15 is 0 Å². The zero-order valence-electron chi connectivity index (χ0n) is 31.5. The summed E-state index contributed by atoms with van der Waals surface area (Å²) in [6.45, 7) is 0. The van der Waals surface area contributed by atoms with Crippen molar-refractivity contribution in [2.75, 3.05) is 4.90 Å². The van der Waals surface area contributed by atoms with Crippen molar-refractivity contribution in [3.05, 3.63) is 237 Å². The first kappa shape index (κ1) is 34.0. The van der Waals surface area contributed by atoms with Crippen LogP contribution in [0.15, 0.2) is 237 Å². The lowest BCUT2D eigenvalue weighted by molar-refractivity contribution is 1.28. The van der Waals surface area contributed by atoms with Crippen LogP contribution in [-0.2, 0) is 0 Å². The van der Waals surface area contributed by atoms with Gasteiger partial charge in [-0.3, -0.25) is 0 Å². The average Bonchev–Trinajstić information content (AvgIpc) is 3.30. The third-order valence-electron chi connectivity index (χ3n) is 11.1. The maximum Gasteiger partial charge on any atom is 0.0540 e. The molecule has 10 rings (SSSR count). The molecule has 0 saturated heterocycles. The smallest absolute Gasteiger partial charge is 0.0540 e. The second kappa shape index (κ2) is 15.0. The lowest BCUT2D eigenvalue weighted by atomic mass is 9.89. The summed E-state index contributed by atoms with van der Waals surface area (Å²) in [7, 11) is 0. The Morgan fingerprint density at radius 1 is 0.246 bits per heavy atom. The molecule has 268 valence electrons. The summed E-state index contributed by atoms with van der Waals surface area (Å²) in [4.78, 5) is 2.41. The Morgan fingerprint density at radius 2 is 0.719 bits per heavy atom. The molecule has 0 unspecified atom stereocenters. The predicted molar refractivity (Wildman–Crippen MR) is 243 cm³/mol. The second-order valence-electron chi connectivity index (χ2n) is 14.5. The molecule has 0 N–H and O–H groups in total.